The van der Waals surface area contributed by atoms with E-state index in [9.17, 15) is 0 Å². The molecule has 3 nitrogen and oxygen atoms in total. The Labute approximate surface area is 89.7 Å². The molecule has 4 heteroatoms. The highest BCUT2D eigenvalue weighted by Crippen LogP contribution is 2.47. The highest BCUT2D eigenvalue weighted by atomic mass is 31.2. The quantitative estimate of drug-likeness (QED) is 0.682. The molecule has 14 heavy (non-hydrogen) atoms. The first-order valence-corrected chi connectivity index (χ1v) is 6.00. The topological polar surface area (TPSA) is 21.7 Å². The summed E-state index contributed by atoms with van der Waals surface area (Å²) in [4.78, 5) is 0. The van der Waals surface area contributed by atoms with E-state index in [0.29, 0.717) is 0 Å². The van der Waals surface area contributed by atoms with Crippen molar-refractivity contribution in [3.05, 3.63) is 0 Å². The van der Waals surface area contributed by atoms with Gasteiger partial charge in [0.1, 0.15) is 0 Å². The maximum Gasteiger partial charge on any atom is 0.259 e. The van der Waals surface area contributed by atoms with E-state index < -0.39 is 8.53 Å². The van der Waals surface area contributed by atoms with Crippen LogP contribution in [-0.2, 0) is 9.05 Å². The summed E-state index contributed by atoms with van der Waals surface area (Å²) in [5.41, 5.74) is -0.331. The van der Waals surface area contributed by atoms with E-state index in [1.54, 1.807) is 0 Å². The van der Waals surface area contributed by atoms with Gasteiger partial charge >= 0.3 is 0 Å². The molecule has 0 bridgehead atoms. The van der Waals surface area contributed by atoms with Crippen molar-refractivity contribution in [3.8, 4) is 0 Å². The van der Waals surface area contributed by atoms with Gasteiger partial charge in [0.2, 0.25) is 0 Å². The van der Waals surface area contributed by atoms with Crippen molar-refractivity contribution in [1.82, 2.24) is 4.67 Å². The van der Waals surface area contributed by atoms with Gasteiger partial charge in [-0.3, -0.25) is 0 Å². The van der Waals surface area contributed by atoms with Gasteiger partial charge < -0.3 is 9.05 Å². The molecule has 0 unspecified atom stereocenters. The molecule has 0 radical (unpaired) electrons. The lowest BCUT2D eigenvalue weighted by Crippen LogP contribution is -2.26. The van der Waals surface area contributed by atoms with E-state index in [0.717, 1.165) is 0 Å². The minimum Gasteiger partial charge on any atom is -0.316 e. The van der Waals surface area contributed by atoms with Crippen molar-refractivity contribution in [2.24, 2.45) is 0 Å². The number of rotatable bonds is 3. The zero-order valence-corrected chi connectivity index (χ0v) is 11.6. The Hall–Kier alpha value is 0.310. The van der Waals surface area contributed by atoms with Gasteiger partial charge in [0.05, 0.1) is 11.2 Å². The lowest BCUT2D eigenvalue weighted by molar-refractivity contribution is 0.0581. The van der Waals surface area contributed by atoms with Crippen molar-refractivity contribution in [3.63, 3.8) is 0 Å². The van der Waals surface area contributed by atoms with Gasteiger partial charge in [0, 0.05) is 0 Å². The summed E-state index contributed by atoms with van der Waals surface area (Å²) in [6, 6.07) is 0. The van der Waals surface area contributed by atoms with Gasteiger partial charge in [-0.1, -0.05) is 0 Å². The van der Waals surface area contributed by atoms with Crippen LogP contribution >= 0.6 is 8.53 Å². The Morgan fingerprint density at radius 3 is 1.21 bits per heavy atom. The van der Waals surface area contributed by atoms with E-state index in [1.807, 2.05) is 60.3 Å². The van der Waals surface area contributed by atoms with Gasteiger partial charge in [0.25, 0.3) is 8.53 Å². The molecule has 0 aliphatic rings. The minimum atomic E-state index is -0.962. The third-order valence-electron chi connectivity index (χ3n) is 1.03. The van der Waals surface area contributed by atoms with Crippen LogP contribution < -0.4 is 0 Å². The lowest BCUT2D eigenvalue weighted by Gasteiger charge is -2.34. The molecule has 0 aliphatic heterocycles. The van der Waals surface area contributed by atoms with E-state index >= 15 is 0 Å². The zero-order valence-electron chi connectivity index (χ0n) is 10.7. The molecule has 0 rings (SSSR count). The highest BCUT2D eigenvalue weighted by molar-refractivity contribution is 7.44. The van der Waals surface area contributed by atoms with Gasteiger partial charge in [0.15, 0.2) is 0 Å². The Morgan fingerprint density at radius 2 is 1.07 bits per heavy atom. The standard InChI is InChI=1S/C10H24NO2P/c1-9(2,3)12-14(11(7)8)13-10(4,5)6/h1-8H3. The van der Waals surface area contributed by atoms with E-state index in [2.05, 4.69) is 0 Å². The first-order chi connectivity index (χ1) is 6.01. The van der Waals surface area contributed by atoms with Gasteiger partial charge in [-0.05, 0) is 55.6 Å². The molecule has 0 heterocycles. The van der Waals surface area contributed by atoms with Crippen molar-refractivity contribution >= 4 is 8.53 Å². The van der Waals surface area contributed by atoms with Crippen LogP contribution in [0.2, 0.25) is 0 Å². The van der Waals surface area contributed by atoms with E-state index in [1.165, 1.54) is 0 Å². The molecule has 0 amide bonds. The van der Waals surface area contributed by atoms with Crippen molar-refractivity contribution in [2.45, 2.75) is 52.7 Å². The van der Waals surface area contributed by atoms with Crippen LogP contribution in [-0.4, -0.2) is 30.0 Å². The molecular weight excluding hydrogens is 197 g/mol. The molecule has 0 spiro atoms. The van der Waals surface area contributed by atoms with Crippen LogP contribution in [0, 0.1) is 0 Å². The first-order valence-electron chi connectivity index (χ1n) is 4.87. The fourth-order valence-electron chi connectivity index (χ4n) is 0.650. The Balaban J connectivity index is 4.32. The van der Waals surface area contributed by atoms with Gasteiger partial charge in [-0.15, -0.1) is 0 Å². The monoisotopic (exact) mass is 221 g/mol. The third kappa shape index (κ3) is 7.69. The molecule has 0 aliphatic carbocycles. The molecule has 0 aromatic carbocycles. The first kappa shape index (κ1) is 14.3. The second-order valence-corrected chi connectivity index (χ2v) is 7.13. The summed E-state index contributed by atoms with van der Waals surface area (Å²) in [5, 5.41) is 0. The highest BCUT2D eigenvalue weighted by Gasteiger charge is 2.27. The SMILES string of the molecule is CN(C)P(OC(C)(C)C)OC(C)(C)C. The van der Waals surface area contributed by atoms with Crippen LogP contribution in [0.1, 0.15) is 41.5 Å². The molecule has 0 aromatic heterocycles. The third-order valence-corrected chi connectivity index (χ3v) is 3.09. The normalized spacial score (nSPS) is 14.1. The summed E-state index contributed by atoms with van der Waals surface area (Å²) < 4.78 is 13.7. The molecule has 0 fully saturated rings. The maximum atomic E-state index is 5.84. The Kier molecular flexibility index (Phi) is 5.00. The fourth-order valence-corrected chi connectivity index (χ4v) is 1.95. The summed E-state index contributed by atoms with van der Waals surface area (Å²) in [6.45, 7) is 12.2. The molecule has 0 atom stereocenters. The van der Waals surface area contributed by atoms with Gasteiger partial charge in [-0.2, -0.15) is 0 Å². The zero-order chi connectivity index (χ0) is 11.6. The lowest BCUT2D eigenvalue weighted by atomic mass is 10.2. The average molecular weight is 221 g/mol. The summed E-state index contributed by atoms with van der Waals surface area (Å²) >= 11 is 0. The molecule has 0 saturated carbocycles. The largest absolute Gasteiger partial charge is 0.316 e. The smallest absolute Gasteiger partial charge is 0.259 e. The van der Waals surface area contributed by atoms with Crippen LogP contribution in [0.5, 0.6) is 0 Å². The number of hydrogen-bond acceptors (Lipinski definition) is 3. The van der Waals surface area contributed by atoms with Crippen LogP contribution in [0.3, 0.4) is 0 Å². The summed E-state index contributed by atoms with van der Waals surface area (Å²) in [6.07, 6.45) is 0. The molecule has 0 N–H and O–H groups in total. The second-order valence-electron chi connectivity index (χ2n) is 5.49. The van der Waals surface area contributed by atoms with E-state index in [4.69, 9.17) is 9.05 Å². The fraction of sp³-hybridized carbons (Fsp3) is 1.00. The average Bonchev–Trinajstić information content (AvgIpc) is 1.78. The van der Waals surface area contributed by atoms with E-state index in [-0.39, 0.29) is 11.2 Å². The van der Waals surface area contributed by atoms with Gasteiger partial charge in [-0.25, -0.2) is 4.67 Å². The number of hydrogen-bond donors (Lipinski definition) is 0. The molecular formula is C10H24NO2P. The Bertz CT molecular complexity index is 154. The second kappa shape index (κ2) is 4.89. The van der Waals surface area contributed by atoms with Crippen molar-refractivity contribution in [1.29, 1.82) is 0 Å². The van der Waals surface area contributed by atoms with Crippen LogP contribution in [0.15, 0.2) is 0 Å². The van der Waals surface area contributed by atoms with Crippen molar-refractivity contribution < 1.29 is 9.05 Å². The van der Waals surface area contributed by atoms with Crippen LogP contribution in [0.25, 0.3) is 0 Å². The summed E-state index contributed by atoms with van der Waals surface area (Å²) in [5.74, 6) is 0. The predicted octanol–water partition coefficient (Wildman–Crippen LogP) is 3.41. The maximum absolute atomic E-state index is 5.84. The number of nitrogens with zero attached hydrogens (tertiary/aromatic N) is 1. The molecule has 0 saturated heterocycles. The minimum absolute atomic E-state index is 0.165. The van der Waals surface area contributed by atoms with Crippen LogP contribution in [0.4, 0.5) is 0 Å². The van der Waals surface area contributed by atoms with Crippen molar-refractivity contribution in [2.75, 3.05) is 14.1 Å². The molecule has 0 aromatic rings. The Morgan fingerprint density at radius 1 is 0.786 bits per heavy atom. The molecule has 86 valence electrons. The summed E-state index contributed by atoms with van der Waals surface area (Å²) in [7, 11) is 2.99. The predicted molar refractivity (Wildman–Crippen MR) is 62.3 cm³/mol.